The summed E-state index contributed by atoms with van der Waals surface area (Å²) in [5, 5.41) is 10.2. The topological polar surface area (TPSA) is 0 Å². The lowest BCUT2D eigenvalue weighted by atomic mass is 9.79. The van der Waals surface area contributed by atoms with Gasteiger partial charge in [-0.1, -0.05) is 212 Å². The highest BCUT2D eigenvalue weighted by Gasteiger charge is 2.31. The Morgan fingerprint density at radius 1 is 0.190 bits per heavy atom. The van der Waals surface area contributed by atoms with Gasteiger partial charge in [0.25, 0.3) is 0 Å². The second kappa shape index (κ2) is 13.0. The highest BCUT2D eigenvalue weighted by Crippen LogP contribution is 2.59. The third-order valence-electron chi connectivity index (χ3n) is 12.4. The average Bonchev–Trinajstić information content (AvgIpc) is 3.63. The summed E-state index contributed by atoms with van der Waals surface area (Å²) in [6.07, 6.45) is 0. The Morgan fingerprint density at radius 2 is 0.603 bits per heavy atom. The maximum Gasteiger partial charge on any atom is -0.000719 e. The van der Waals surface area contributed by atoms with Gasteiger partial charge in [0, 0.05) is 0 Å². The van der Waals surface area contributed by atoms with Gasteiger partial charge in [-0.25, -0.2) is 0 Å². The second-order valence-electron chi connectivity index (χ2n) is 15.5. The van der Waals surface area contributed by atoms with Gasteiger partial charge in [0.1, 0.15) is 0 Å². The zero-order valence-electron chi connectivity index (χ0n) is 31.8. The van der Waals surface area contributed by atoms with Crippen molar-refractivity contribution in [2.75, 3.05) is 0 Å². The predicted octanol–water partition coefficient (Wildman–Crippen LogP) is 16.3. The Kier molecular flexibility index (Phi) is 7.33. The van der Waals surface area contributed by atoms with Crippen LogP contribution in [0, 0.1) is 0 Å². The minimum Gasteiger partial charge on any atom is -0.0622 e. The molecule has 0 bridgehead atoms. The molecule has 0 nitrogen and oxygen atoms in total. The number of fused-ring (bicyclic) bond motifs is 6. The lowest BCUT2D eigenvalue weighted by molar-refractivity contribution is 1.61. The lowest BCUT2D eigenvalue weighted by Gasteiger charge is -2.23. The largest absolute Gasteiger partial charge is 0.0622 e. The first-order valence-corrected chi connectivity index (χ1v) is 20.2. The quantitative estimate of drug-likeness (QED) is 0.155. The molecule has 0 spiro atoms. The zero-order chi connectivity index (χ0) is 38.2. The van der Waals surface area contributed by atoms with E-state index >= 15 is 0 Å². The fourth-order valence-corrected chi connectivity index (χ4v) is 10.1. The van der Waals surface area contributed by atoms with Crippen molar-refractivity contribution in [3.8, 4) is 77.9 Å². The van der Waals surface area contributed by atoms with Gasteiger partial charge in [-0.3, -0.25) is 0 Å². The molecule has 0 heterocycles. The Balaban J connectivity index is 1.26. The standard InChI is InChI=1S/C58H36/c1-5-18-37(19-6-1)51-44-28-13-14-29-45(44)52(38-20-7-2-8-21-38)50-36-42(34-35-46(50)51)43-30-17-33-49-54(40-22-9-3-10-23-40)57-47-31-15-26-39-27-16-32-48(53(39)47)58(57)55(56(43)49)41-24-11-4-12-25-41/h1-36H. The van der Waals surface area contributed by atoms with Crippen molar-refractivity contribution >= 4 is 43.1 Å². The van der Waals surface area contributed by atoms with Crippen molar-refractivity contribution in [1.82, 2.24) is 0 Å². The molecule has 0 N–H and O–H groups in total. The lowest BCUT2D eigenvalue weighted by Crippen LogP contribution is -1.96. The number of hydrogen-bond acceptors (Lipinski definition) is 0. The molecule has 0 atom stereocenters. The molecule has 58 heavy (non-hydrogen) atoms. The average molecular weight is 733 g/mol. The van der Waals surface area contributed by atoms with Gasteiger partial charge in [-0.2, -0.15) is 0 Å². The van der Waals surface area contributed by atoms with Gasteiger partial charge in [0.2, 0.25) is 0 Å². The third kappa shape index (κ3) is 4.82. The zero-order valence-corrected chi connectivity index (χ0v) is 31.8. The summed E-state index contributed by atoms with van der Waals surface area (Å²) in [5.41, 5.74) is 17.7. The van der Waals surface area contributed by atoms with Crippen LogP contribution in [-0.2, 0) is 0 Å². The van der Waals surface area contributed by atoms with E-state index in [0.717, 1.165) is 0 Å². The molecule has 12 rings (SSSR count). The van der Waals surface area contributed by atoms with Crippen molar-refractivity contribution < 1.29 is 0 Å². The molecule has 0 radical (unpaired) electrons. The highest BCUT2D eigenvalue weighted by molar-refractivity contribution is 6.30. The molecule has 0 unspecified atom stereocenters. The van der Waals surface area contributed by atoms with Crippen LogP contribution in [0.25, 0.3) is 121 Å². The minimum atomic E-state index is 1.20. The molecule has 11 aromatic rings. The molecule has 0 amide bonds. The van der Waals surface area contributed by atoms with Crippen LogP contribution < -0.4 is 0 Å². The molecule has 0 aromatic heterocycles. The molecule has 268 valence electrons. The maximum atomic E-state index is 2.48. The first-order valence-electron chi connectivity index (χ1n) is 20.2. The van der Waals surface area contributed by atoms with Crippen molar-refractivity contribution in [3.63, 3.8) is 0 Å². The van der Waals surface area contributed by atoms with E-state index in [1.807, 2.05) is 0 Å². The van der Waals surface area contributed by atoms with Crippen LogP contribution in [0.1, 0.15) is 0 Å². The van der Waals surface area contributed by atoms with Crippen LogP contribution in [0.4, 0.5) is 0 Å². The Labute approximate surface area is 337 Å². The summed E-state index contributed by atoms with van der Waals surface area (Å²) >= 11 is 0. The molecule has 0 aliphatic heterocycles. The van der Waals surface area contributed by atoms with Gasteiger partial charge in [-0.05, 0) is 127 Å². The van der Waals surface area contributed by atoms with Gasteiger partial charge < -0.3 is 0 Å². The van der Waals surface area contributed by atoms with E-state index in [-0.39, 0.29) is 0 Å². The van der Waals surface area contributed by atoms with Crippen LogP contribution in [0.5, 0.6) is 0 Å². The number of rotatable bonds is 5. The third-order valence-corrected chi connectivity index (χ3v) is 12.4. The minimum absolute atomic E-state index is 1.20. The van der Waals surface area contributed by atoms with Crippen molar-refractivity contribution in [3.05, 3.63) is 218 Å². The Morgan fingerprint density at radius 3 is 1.17 bits per heavy atom. The van der Waals surface area contributed by atoms with Crippen molar-refractivity contribution in [2.45, 2.75) is 0 Å². The molecule has 1 aliphatic carbocycles. The number of hydrogen-bond donors (Lipinski definition) is 0. The van der Waals surface area contributed by atoms with E-state index in [1.165, 1.54) is 121 Å². The molecular formula is C58H36. The first kappa shape index (κ1) is 32.7. The van der Waals surface area contributed by atoms with Gasteiger partial charge in [0.15, 0.2) is 0 Å². The maximum absolute atomic E-state index is 2.48. The van der Waals surface area contributed by atoms with E-state index in [9.17, 15) is 0 Å². The SMILES string of the molecule is c1ccc(-c2c3ccccc3c(-c3ccccc3)c3cc(-c4cccc5c(-c6ccccc6)c6c(c(-c7ccccc7)c45)-c4cccc5cccc-6c45)ccc23)cc1. The summed E-state index contributed by atoms with van der Waals surface area (Å²) in [7, 11) is 0. The van der Waals surface area contributed by atoms with E-state index in [4.69, 9.17) is 0 Å². The Hall–Kier alpha value is -7.54. The van der Waals surface area contributed by atoms with Crippen molar-refractivity contribution in [1.29, 1.82) is 0 Å². The van der Waals surface area contributed by atoms with E-state index in [0.29, 0.717) is 0 Å². The molecule has 1 aliphatic rings. The summed E-state index contributed by atoms with van der Waals surface area (Å²) in [6, 6.07) is 80.8. The second-order valence-corrected chi connectivity index (χ2v) is 15.5. The van der Waals surface area contributed by atoms with Crippen LogP contribution in [0.2, 0.25) is 0 Å². The molecule has 0 saturated carbocycles. The normalized spacial score (nSPS) is 11.8. The van der Waals surface area contributed by atoms with Gasteiger partial charge in [-0.15, -0.1) is 0 Å². The summed E-state index contributed by atoms with van der Waals surface area (Å²) in [6.45, 7) is 0. The molecule has 0 fully saturated rings. The smallest absolute Gasteiger partial charge is 0.000719 e. The summed E-state index contributed by atoms with van der Waals surface area (Å²) < 4.78 is 0. The molecular weight excluding hydrogens is 697 g/mol. The van der Waals surface area contributed by atoms with E-state index in [2.05, 4.69) is 218 Å². The summed E-state index contributed by atoms with van der Waals surface area (Å²) in [4.78, 5) is 0. The number of benzene rings is 11. The van der Waals surface area contributed by atoms with Crippen LogP contribution in [-0.4, -0.2) is 0 Å². The fraction of sp³-hybridized carbons (Fsp3) is 0. The monoisotopic (exact) mass is 732 g/mol. The van der Waals surface area contributed by atoms with Crippen LogP contribution in [0.3, 0.4) is 0 Å². The predicted molar refractivity (Wildman–Crippen MR) is 248 cm³/mol. The van der Waals surface area contributed by atoms with Gasteiger partial charge >= 0.3 is 0 Å². The first-order chi connectivity index (χ1) is 28.8. The van der Waals surface area contributed by atoms with Crippen LogP contribution in [0.15, 0.2) is 218 Å². The fourth-order valence-electron chi connectivity index (χ4n) is 10.1. The molecule has 11 aromatic carbocycles. The van der Waals surface area contributed by atoms with E-state index in [1.54, 1.807) is 0 Å². The van der Waals surface area contributed by atoms with Crippen LogP contribution >= 0.6 is 0 Å². The van der Waals surface area contributed by atoms with Crippen molar-refractivity contribution in [2.24, 2.45) is 0 Å². The van der Waals surface area contributed by atoms with E-state index < -0.39 is 0 Å². The van der Waals surface area contributed by atoms with Gasteiger partial charge in [0.05, 0.1) is 0 Å². The highest BCUT2D eigenvalue weighted by atomic mass is 14.3. The summed E-state index contributed by atoms with van der Waals surface area (Å²) in [5.74, 6) is 0. The molecule has 0 saturated heterocycles. The Bertz CT molecular complexity index is 3390. The molecule has 0 heteroatoms.